The van der Waals surface area contributed by atoms with Crippen LogP contribution in [0.5, 0.6) is 0 Å². The normalized spacial score (nSPS) is 14.1. The number of fused-ring (bicyclic) bond motifs is 7. The van der Waals surface area contributed by atoms with Crippen molar-refractivity contribution in [2.75, 3.05) is 98.6 Å². The fraction of sp³-hybridized carbons (Fsp3) is 0.478. The van der Waals surface area contributed by atoms with Crippen LogP contribution in [0.4, 0.5) is 46.4 Å². The third-order valence-corrected chi connectivity index (χ3v) is 23.1. The summed E-state index contributed by atoms with van der Waals surface area (Å²) in [6, 6.07) is 0. The average molecular weight is 2130 g/mol. The number of carbonyl (C=O) groups excluding carboxylic acids is 1. The van der Waals surface area contributed by atoms with E-state index in [1.54, 1.807) is 115 Å². The van der Waals surface area contributed by atoms with E-state index in [0.29, 0.717) is 129 Å². The molecule has 67 heteroatoms. The second kappa shape index (κ2) is 51.1. The number of nitrogens with two attached hydrogens (primary N) is 7. The van der Waals surface area contributed by atoms with E-state index in [9.17, 15) is 33.3 Å². The van der Waals surface area contributed by atoms with Crippen molar-refractivity contribution < 1.29 is 99.4 Å². The highest BCUT2D eigenvalue weighted by Gasteiger charge is 2.29. The number of nitrogens with one attached hydrogen (secondary N) is 1. The molecule has 14 aromatic heterocycles. The number of imidazole rings is 7. The van der Waals surface area contributed by atoms with Crippen LogP contribution in [0.15, 0.2) is 44.3 Å². The van der Waals surface area contributed by atoms with Crippen LogP contribution in [0.2, 0.25) is 36.1 Å². The van der Waals surface area contributed by atoms with Crippen LogP contribution in [-0.4, -0.2) is 274 Å². The van der Waals surface area contributed by atoms with Gasteiger partial charge < -0.3 is 149 Å². The molecule has 15 rings (SSSR count). The Balaban J connectivity index is 0.000000194. The van der Waals surface area contributed by atoms with Gasteiger partial charge in [-0.05, 0) is 76.2 Å². The van der Waals surface area contributed by atoms with Gasteiger partial charge in [-0.3, -0.25) is 18.3 Å². The Bertz CT molecular complexity index is 6180. The molecular weight excluding hydrogens is 2030 g/mol. The predicted molar refractivity (Wildman–Crippen MR) is 502 cm³/mol. The molecule has 0 radical (unpaired) electrons. The molecule has 56 nitrogen and oxygen atoms in total. The highest BCUT2D eigenvalue weighted by Crippen LogP contribution is 2.49. The van der Waals surface area contributed by atoms with Crippen molar-refractivity contribution in [3.63, 3.8) is 0 Å². The topological polar surface area (TPSA) is 797 Å². The summed E-state index contributed by atoms with van der Waals surface area (Å²) in [5, 5.41) is 20.0. The number of ether oxygens (including phenoxy) is 6. The summed E-state index contributed by atoms with van der Waals surface area (Å²) in [6.45, 7) is 22.9. The number of aliphatic hydroxyl groups excluding tert-OH is 2. The fourth-order valence-corrected chi connectivity index (χ4v) is 16.7. The summed E-state index contributed by atoms with van der Waals surface area (Å²) in [6.07, 6.45) is 6.16. The summed E-state index contributed by atoms with van der Waals surface area (Å²) in [5.41, 5.74) is 45.3. The molecule has 1 aliphatic rings. The zero-order valence-electron chi connectivity index (χ0n) is 74.0. The maximum absolute atomic E-state index is 12.4. The number of H-pyrrole nitrogens is 1. The van der Waals surface area contributed by atoms with Gasteiger partial charge >= 0.3 is 36.5 Å². The van der Waals surface area contributed by atoms with Gasteiger partial charge in [0, 0.05) is 0 Å². The molecule has 1 saturated heterocycles. The largest absolute Gasteiger partial charge is 0.508 e. The molecule has 0 unspecified atom stereocenters. The van der Waals surface area contributed by atoms with Gasteiger partial charge in [-0.15, -0.1) is 0 Å². The van der Waals surface area contributed by atoms with Crippen molar-refractivity contribution >= 4 is 238 Å². The number of aliphatic hydroxyl groups is 2. The fourth-order valence-electron chi connectivity index (χ4n) is 11.4. The zero-order chi connectivity index (χ0) is 100. The van der Waals surface area contributed by atoms with Gasteiger partial charge in [0.25, 0.3) is 0 Å². The van der Waals surface area contributed by atoms with Crippen molar-refractivity contribution in [1.29, 1.82) is 0 Å². The molecule has 0 aliphatic carbocycles. The molecule has 0 amide bonds. The van der Waals surface area contributed by atoms with Crippen molar-refractivity contribution in [3.8, 4) is 0 Å². The van der Waals surface area contributed by atoms with Crippen LogP contribution in [0.1, 0.15) is 76.2 Å². The maximum atomic E-state index is 12.4. The van der Waals surface area contributed by atoms with Crippen molar-refractivity contribution in [2.24, 2.45) is 0 Å². The summed E-state index contributed by atoms with van der Waals surface area (Å²) >= 11 is 41.2. The Kier molecular flexibility index (Phi) is 41.9. The highest BCUT2D eigenvalue weighted by atomic mass is 35.5. The van der Waals surface area contributed by atoms with Crippen molar-refractivity contribution in [3.05, 3.63) is 80.4 Å². The first-order chi connectivity index (χ1) is 64.0. The molecule has 14 aromatic rings. The number of halogens is 7. The SMILES string of the molecule is CCOP(=O)(CO[C@H](C)Cn1cnc2c(Cl)nc(N)nc21)OCC.CCOP(=O)(CO[C@H](C)Cn1cnc2c(Cl)nc(N)nc21)OCC.C[C@@H](O)Cn1cnc2c(Cl)nc(N)nc21.C[C@@H](O)Cn1cnc2c(Cl)nc(N)nc21.C[C@@H]1COC(=O)O1.C[C@H](Cn1cnc2c(Cl)nc(N)nc21)OCP(=O)(O)O.C[C@H](Cn1cnc2c(Cl)nc(N)nc21)OCP(=O)(O)O.Nc1nc(Cl)c2[nH]cnc2n1. The number of cyclic esters (lactones) is 2. The number of aromatic nitrogens is 28. The van der Waals surface area contributed by atoms with Crippen molar-refractivity contribution in [1.82, 2.24) is 137 Å². The minimum absolute atomic E-state index is 0.0213. The number of nitrogens with zero attached hydrogens (tertiary/aromatic N) is 27. The number of hydrogen-bond donors (Lipinski definition) is 14. The monoisotopic (exact) mass is 2120 g/mol. The van der Waals surface area contributed by atoms with E-state index in [-0.39, 0.29) is 130 Å². The zero-order valence-corrected chi connectivity index (χ0v) is 82.9. The summed E-state index contributed by atoms with van der Waals surface area (Å²) in [4.78, 5) is 131. The lowest BCUT2D eigenvalue weighted by atomic mass is 10.4. The Morgan fingerprint density at radius 3 is 0.831 bits per heavy atom. The van der Waals surface area contributed by atoms with Crippen LogP contribution in [0, 0.1) is 0 Å². The van der Waals surface area contributed by atoms with Crippen LogP contribution in [0.25, 0.3) is 78.1 Å². The van der Waals surface area contributed by atoms with Crippen LogP contribution in [-0.2, 0) is 104 Å². The molecule has 0 spiro atoms. The molecule has 7 atom stereocenters. The minimum atomic E-state index is -4.19. The van der Waals surface area contributed by atoms with E-state index in [1.165, 1.54) is 19.0 Å². The van der Waals surface area contributed by atoms with Gasteiger partial charge in [0.1, 0.15) is 76.7 Å². The molecule has 15 heterocycles. The molecule has 744 valence electrons. The first-order valence-corrected chi connectivity index (χ1v) is 49.7. The van der Waals surface area contributed by atoms with Gasteiger partial charge in [-0.25, -0.2) is 39.7 Å². The molecule has 1 fully saturated rings. The second-order valence-electron chi connectivity index (χ2n) is 28.5. The number of hydrogen-bond acceptors (Lipinski definition) is 45. The van der Waals surface area contributed by atoms with Gasteiger partial charge in [0.05, 0.1) is 147 Å². The van der Waals surface area contributed by atoms with E-state index in [1.807, 2.05) is 13.8 Å². The minimum Gasteiger partial charge on any atom is -0.430 e. The first-order valence-electron chi connectivity index (χ1n) is 40.0. The van der Waals surface area contributed by atoms with Crippen LogP contribution in [0.3, 0.4) is 0 Å². The van der Waals surface area contributed by atoms with E-state index in [2.05, 4.69) is 119 Å². The number of aromatic amines is 1. The van der Waals surface area contributed by atoms with E-state index in [4.69, 9.17) is 178 Å². The Labute approximate surface area is 806 Å². The Hall–Kier alpha value is -9.89. The highest BCUT2D eigenvalue weighted by molar-refractivity contribution is 7.54. The van der Waals surface area contributed by atoms with Gasteiger partial charge in [0.2, 0.25) is 41.6 Å². The van der Waals surface area contributed by atoms with Crippen LogP contribution < -0.4 is 40.1 Å². The quantitative estimate of drug-likeness (QED) is 0.0106. The smallest absolute Gasteiger partial charge is 0.430 e. The lowest BCUT2D eigenvalue weighted by Gasteiger charge is -2.20. The van der Waals surface area contributed by atoms with Crippen molar-refractivity contribution in [2.45, 2.75) is 158 Å². The van der Waals surface area contributed by atoms with E-state index >= 15 is 0 Å². The van der Waals surface area contributed by atoms with Crippen LogP contribution >= 0.6 is 112 Å². The van der Waals surface area contributed by atoms with Gasteiger partial charge in [-0.1, -0.05) is 81.2 Å². The number of anilines is 7. The average Bonchev–Trinajstić information content (AvgIpc) is 1.67. The standard InChI is InChI=1S/2C13H21ClN5O4P.2C9H13ClN5O4P.2C8H10ClN5O.C5H4ClN5.C4H6O3/c2*1-4-22-24(20,23-5-2)8-21-9(3)6-19-7-16-10-11(14)17-13(15)18-12(10)19;2*1-5(19-4-20(16,17)18)2-15-3-12-6-7(10)13-9(11)14-8(6)15;2*1-4(15)2-14-3-11-5-6(9)12-8(10)13-7(5)14;6-3-2-4(9-1-8-2)11-5(7)10-3;1-3-2-6-4(5)7-3/h2*7,9H,4-6,8H2,1-3H3,(H2,15,17,18);2*3,5H,2,4H2,1H3,(H2,11,13,14)(H2,16,17,18);2*3-4,15H,2H2,1H3,(H2,10,12,13);1H,(H3,7,8,9,10,11);3H,2H2,1H3/t2*9-;2*5-;2*4-;;3-/m111111.1/s1. The maximum Gasteiger partial charge on any atom is 0.508 e. The van der Waals surface area contributed by atoms with Gasteiger partial charge in [-0.2, -0.15) is 69.8 Å². The number of nitrogen functional groups attached to an aromatic ring is 7. The summed E-state index contributed by atoms with van der Waals surface area (Å²) in [7, 11) is -14.9. The third-order valence-electron chi connectivity index (χ3n) is 16.8. The molecule has 0 saturated carbocycles. The van der Waals surface area contributed by atoms with Gasteiger partial charge in [0.15, 0.2) is 75.6 Å². The Morgan fingerprint density at radius 2 is 0.618 bits per heavy atom. The number of rotatable bonds is 32. The molecular formula is C69H98Cl7N35O21P4. The molecule has 0 aromatic carbocycles. The van der Waals surface area contributed by atoms with E-state index in [0.717, 1.165) is 0 Å². The predicted octanol–water partition coefficient (Wildman–Crippen LogP) is 8.60. The number of carbonyl (C=O) groups is 1. The summed E-state index contributed by atoms with van der Waals surface area (Å²) < 4.78 is 107. The van der Waals surface area contributed by atoms with E-state index < -0.39 is 73.7 Å². The second-order valence-corrected chi connectivity index (χ2v) is 38.1. The third kappa shape index (κ3) is 34.0. The molecule has 1 aliphatic heterocycles. The molecule has 0 bridgehead atoms. The lowest BCUT2D eigenvalue weighted by Crippen LogP contribution is -2.18. The Morgan fingerprint density at radius 1 is 0.382 bits per heavy atom. The molecule has 136 heavy (non-hydrogen) atoms. The molecule has 21 N–H and O–H groups in total. The lowest BCUT2D eigenvalue weighted by molar-refractivity contribution is 0.0672. The first kappa shape index (κ1) is 111. The summed E-state index contributed by atoms with van der Waals surface area (Å²) in [5.74, 6) is 0.510.